The molecule has 1 unspecified atom stereocenters. The average molecular weight is 260 g/mol. The molecule has 5 nitrogen and oxygen atoms in total. The van der Waals surface area contributed by atoms with Crippen LogP contribution in [0.2, 0.25) is 0 Å². The molecule has 0 saturated carbocycles. The second kappa shape index (κ2) is 5.93. The van der Waals surface area contributed by atoms with E-state index in [2.05, 4.69) is 29.0 Å². The molecule has 2 N–H and O–H groups in total. The topological polar surface area (TPSA) is 77.8 Å². The van der Waals surface area contributed by atoms with Crippen LogP contribution in [0.25, 0.3) is 11.5 Å². The number of aromatic nitrogens is 3. The molecule has 19 heavy (non-hydrogen) atoms. The number of aryl methyl sites for hydroxylation is 1. The first-order valence-corrected chi connectivity index (χ1v) is 6.58. The van der Waals surface area contributed by atoms with Gasteiger partial charge >= 0.3 is 0 Å². The molecule has 0 fully saturated rings. The minimum atomic E-state index is 0.117. The maximum atomic E-state index is 5.78. The van der Waals surface area contributed by atoms with E-state index in [9.17, 15) is 0 Å². The van der Waals surface area contributed by atoms with E-state index in [-0.39, 0.29) is 5.92 Å². The summed E-state index contributed by atoms with van der Waals surface area (Å²) in [5, 5.41) is 4.00. The lowest BCUT2D eigenvalue weighted by Crippen LogP contribution is -2.15. The molecule has 0 bridgehead atoms. The van der Waals surface area contributed by atoms with Gasteiger partial charge in [-0.05, 0) is 31.4 Å². The molecule has 0 radical (unpaired) electrons. The maximum absolute atomic E-state index is 5.78. The zero-order chi connectivity index (χ0) is 13.8. The fraction of sp³-hybridized carbons (Fsp3) is 0.500. The quantitative estimate of drug-likeness (QED) is 0.893. The zero-order valence-corrected chi connectivity index (χ0v) is 11.6. The summed E-state index contributed by atoms with van der Waals surface area (Å²) in [5.74, 6) is 1.79. The van der Waals surface area contributed by atoms with Gasteiger partial charge in [-0.25, -0.2) is 4.98 Å². The third-order valence-corrected chi connectivity index (χ3v) is 2.95. The molecule has 5 heteroatoms. The monoisotopic (exact) mass is 260 g/mol. The van der Waals surface area contributed by atoms with Crippen molar-refractivity contribution in [3.8, 4) is 11.5 Å². The Kier molecular flexibility index (Phi) is 4.27. The Morgan fingerprint density at radius 3 is 2.68 bits per heavy atom. The van der Waals surface area contributed by atoms with Gasteiger partial charge in [0.25, 0.3) is 0 Å². The lowest BCUT2D eigenvalue weighted by Gasteiger charge is -2.11. The number of pyridine rings is 1. The second-order valence-corrected chi connectivity index (χ2v) is 5.18. The summed E-state index contributed by atoms with van der Waals surface area (Å²) in [6.07, 6.45) is 0.944. The minimum absolute atomic E-state index is 0.117. The van der Waals surface area contributed by atoms with Crippen LogP contribution in [0.5, 0.6) is 0 Å². The highest BCUT2D eigenvalue weighted by molar-refractivity contribution is 5.48. The fourth-order valence-electron chi connectivity index (χ4n) is 2.04. The molecule has 0 aromatic carbocycles. The van der Waals surface area contributed by atoms with E-state index in [0.717, 1.165) is 17.8 Å². The molecule has 102 valence electrons. The lowest BCUT2D eigenvalue weighted by atomic mass is 9.97. The van der Waals surface area contributed by atoms with Crippen molar-refractivity contribution in [1.82, 2.24) is 15.1 Å². The van der Waals surface area contributed by atoms with Gasteiger partial charge in [-0.3, -0.25) is 0 Å². The maximum Gasteiger partial charge on any atom is 0.231 e. The zero-order valence-electron chi connectivity index (χ0n) is 11.6. The molecule has 2 aromatic heterocycles. The Morgan fingerprint density at radius 2 is 2.05 bits per heavy atom. The first kappa shape index (κ1) is 13.7. The SMILES string of the molecule is Cc1cccc(-c2noc(C(CN)CC(C)C)n2)n1. The van der Waals surface area contributed by atoms with Crippen molar-refractivity contribution in [2.24, 2.45) is 11.7 Å². The summed E-state index contributed by atoms with van der Waals surface area (Å²) in [6.45, 7) is 6.76. The summed E-state index contributed by atoms with van der Waals surface area (Å²) in [5.41, 5.74) is 7.45. The second-order valence-electron chi connectivity index (χ2n) is 5.18. The van der Waals surface area contributed by atoms with Gasteiger partial charge in [0.2, 0.25) is 11.7 Å². The molecule has 0 aliphatic rings. The number of nitrogens with two attached hydrogens (primary N) is 1. The van der Waals surface area contributed by atoms with Crippen LogP contribution in [-0.4, -0.2) is 21.7 Å². The third-order valence-electron chi connectivity index (χ3n) is 2.95. The van der Waals surface area contributed by atoms with E-state index in [1.165, 1.54) is 0 Å². The Labute approximate surface area is 113 Å². The number of nitrogens with zero attached hydrogens (tertiary/aromatic N) is 3. The van der Waals surface area contributed by atoms with Crippen LogP contribution < -0.4 is 5.73 Å². The normalized spacial score (nSPS) is 12.9. The highest BCUT2D eigenvalue weighted by Crippen LogP contribution is 2.23. The van der Waals surface area contributed by atoms with Gasteiger partial charge in [0.15, 0.2) is 0 Å². The first-order chi connectivity index (χ1) is 9.10. The summed E-state index contributed by atoms with van der Waals surface area (Å²) >= 11 is 0. The van der Waals surface area contributed by atoms with Crippen LogP contribution in [0.4, 0.5) is 0 Å². The van der Waals surface area contributed by atoms with Gasteiger partial charge in [0.05, 0.1) is 5.92 Å². The van der Waals surface area contributed by atoms with Crippen molar-refractivity contribution < 1.29 is 4.52 Å². The van der Waals surface area contributed by atoms with Crippen molar-refractivity contribution in [3.05, 3.63) is 29.8 Å². The molecule has 2 aromatic rings. The molecule has 0 aliphatic carbocycles. The fourth-order valence-corrected chi connectivity index (χ4v) is 2.04. The molecule has 0 amide bonds. The van der Waals surface area contributed by atoms with Crippen LogP contribution >= 0.6 is 0 Å². The van der Waals surface area contributed by atoms with Gasteiger partial charge in [0.1, 0.15) is 5.69 Å². The van der Waals surface area contributed by atoms with Crippen LogP contribution in [0.1, 0.15) is 37.8 Å². The molecule has 2 rings (SSSR count). The van der Waals surface area contributed by atoms with Crippen LogP contribution in [-0.2, 0) is 0 Å². The standard InChI is InChI=1S/C14H20N4O/c1-9(2)7-11(8-15)14-17-13(18-19-14)12-6-4-5-10(3)16-12/h4-6,9,11H,7-8,15H2,1-3H3. The van der Waals surface area contributed by atoms with Crippen molar-refractivity contribution in [2.75, 3.05) is 6.54 Å². The van der Waals surface area contributed by atoms with Gasteiger partial charge < -0.3 is 10.3 Å². The first-order valence-electron chi connectivity index (χ1n) is 6.58. The van der Waals surface area contributed by atoms with Crippen LogP contribution in [0, 0.1) is 12.8 Å². The molecule has 2 heterocycles. The van der Waals surface area contributed by atoms with Crippen LogP contribution in [0.15, 0.2) is 22.7 Å². The highest BCUT2D eigenvalue weighted by atomic mass is 16.5. The lowest BCUT2D eigenvalue weighted by molar-refractivity contribution is 0.334. The minimum Gasteiger partial charge on any atom is -0.339 e. The van der Waals surface area contributed by atoms with Gasteiger partial charge in [-0.15, -0.1) is 0 Å². The molecule has 0 spiro atoms. The van der Waals surface area contributed by atoms with Crippen LogP contribution in [0.3, 0.4) is 0 Å². The predicted molar refractivity (Wildman–Crippen MR) is 73.5 cm³/mol. The van der Waals surface area contributed by atoms with E-state index >= 15 is 0 Å². The number of hydrogen-bond donors (Lipinski definition) is 1. The third kappa shape index (κ3) is 3.38. The van der Waals surface area contributed by atoms with Crippen molar-refractivity contribution >= 4 is 0 Å². The smallest absolute Gasteiger partial charge is 0.231 e. The largest absolute Gasteiger partial charge is 0.339 e. The Bertz CT molecular complexity index is 536. The van der Waals surface area contributed by atoms with Gasteiger partial charge in [-0.1, -0.05) is 25.1 Å². The summed E-state index contributed by atoms with van der Waals surface area (Å²) in [6, 6.07) is 5.75. The Morgan fingerprint density at radius 1 is 1.26 bits per heavy atom. The predicted octanol–water partition coefficient (Wildman–Crippen LogP) is 2.53. The summed E-state index contributed by atoms with van der Waals surface area (Å²) in [7, 11) is 0. The molecular weight excluding hydrogens is 240 g/mol. The van der Waals surface area contributed by atoms with Crippen molar-refractivity contribution in [1.29, 1.82) is 0 Å². The van der Waals surface area contributed by atoms with Crippen molar-refractivity contribution in [3.63, 3.8) is 0 Å². The Hall–Kier alpha value is -1.75. The number of rotatable bonds is 5. The Balaban J connectivity index is 2.23. The van der Waals surface area contributed by atoms with E-state index in [1.54, 1.807) is 0 Å². The van der Waals surface area contributed by atoms with E-state index in [0.29, 0.717) is 24.2 Å². The number of hydrogen-bond acceptors (Lipinski definition) is 5. The summed E-state index contributed by atoms with van der Waals surface area (Å²) in [4.78, 5) is 8.81. The van der Waals surface area contributed by atoms with Gasteiger partial charge in [0, 0.05) is 12.2 Å². The van der Waals surface area contributed by atoms with Gasteiger partial charge in [-0.2, -0.15) is 4.98 Å². The van der Waals surface area contributed by atoms with E-state index in [1.807, 2.05) is 25.1 Å². The summed E-state index contributed by atoms with van der Waals surface area (Å²) < 4.78 is 5.33. The van der Waals surface area contributed by atoms with E-state index < -0.39 is 0 Å². The molecule has 1 atom stereocenters. The molecular formula is C14H20N4O. The van der Waals surface area contributed by atoms with E-state index in [4.69, 9.17) is 10.3 Å². The average Bonchev–Trinajstić information content (AvgIpc) is 2.85. The molecule has 0 aliphatic heterocycles. The highest BCUT2D eigenvalue weighted by Gasteiger charge is 2.19. The van der Waals surface area contributed by atoms with Crippen molar-refractivity contribution in [2.45, 2.75) is 33.1 Å². The molecule has 0 saturated heterocycles.